The van der Waals surface area contributed by atoms with Crippen LogP contribution in [-0.4, -0.2) is 57.8 Å². The topological polar surface area (TPSA) is 115 Å². The van der Waals surface area contributed by atoms with Crippen LogP contribution in [0, 0.1) is 16.2 Å². The van der Waals surface area contributed by atoms with Gasteiger partial charge in [-0.05, 0) is 41.5 Å². The minimum absolute atomic E-state index is 0.0652. The number of aliphatic carboxylic acids is 3. The Kier molecular flexibility index (Phi) is 6.15. The predicted molar refractivity (Wildman–Crippen MR) is 80.7 cm³/mol. The number of hydrogen-bond donors (Lipinski definition) is 3. The van der Waals surface area contributed by atoms with E-state index >= 15 is 0 Å². The van der Waals surface area contributed by atoms with Crippen LogP contribution in [0.2, 0.25) is 0 Å². The smallest absolute Gasteiger partial charge is 0.310 e. The van der Waals surface area contributed by atoms with Crippen LogP contribution in [0.3, 0.4) is 0 Å². The molecular formula is C15H27NO6. The van der Waals surface area contributed by atoms with Crippen molar-refractivity contribution < 1.29 is 29.7 Å². The van der Waals surface area contributed by atoms with E-state index in [0.29, 0.717) is 0 Å². The number of rotatable bonds is 9. The van der Waals surface area contributed by atoms with Crippen molar-refractivity contribution in [2.24, 2.45) is 16.2 Å². The molecule has 0 bridgehead atoms. The zero-order chi connectivity index (χ0) is 17.9. The van der Waals surface area contributed by atoms with Crippen molar-refractivity contribution in [3.05, 3.63) is 0 Å². The Morgan fingerprint density at radius 2 is 0.818 bits per heavy atom. The lowest BCUT2D eigenvalue weighted by molar-refractivity contribution is -0.152. The number of carboxylic acids is 3. The highest BCUT2D eigenvalue weighted by Crippen LogP contribution is 2.26. The Hall–Kier alpha value is -1.63. The van der Waals surface area contributed by atoms with Gasteiger partial charge in [-0.15, -0.1) is 0 Å². The van der Waals surface area contributed by atoms with Crippen LogP contribution in [0.4, 0.5) is 0 Å². The Balaban J connectivity index is 5.37. The van der Waals surface area contributed by atoms with Crippen LogP contribution in [-0.2, 0) is 14.4 Å². The predicted octanol–water partition coefficient (Wildman–Crippen LogP) is 1.62. The molecular weight excluding hydrogens is 290 g/mol. The van der Waals surface area contributed by atoms with Gasteiger partial charge in [0.05, 0.1) is 16.2 Å². The Bertz CT molecular complexity index is 386. The van der Waals surface area contributed by atoms with E-state index in [1.54, 1.807) is 4.90 Å². The van der Waals surface area contributed by atoms with Crippen LogP contribution in [0.15, 0.2) is 0 Å². The van der Waals surface area contributed by atoms with Crippen molar-refractivity contribution in [3.8, 4) is 0 Å². The summed E-state index contributed by atoms with van der Waals surface area (Å²) in [5, 5.41) is 27.7. The number of carbonyl (C=O) groups is 3. The van der Waals surface area contributed by atoms with E-state index < -0.39 is 34.2 Å². The summed E-state index contributed by atoms with van der Waals surface area (Å²) in [4.78, 5) is 35.5. The van der Waals surface area contributed by atoms with Gasteiger partial charge in [0.25, 0.3) is 0 Å². The Labute approximate surface area is 130 Å². The first-order chi connectivity index (χ1) is 9.62. The molecule has 0 unspecified atom stereocenters. The molecule has 0 heterocycles. The fraction of sp³-hybridized carbons (Fsp3) is 0.800. The summed E-state index contributed by atoms with van der Waals surface area (Å²) in [6.07, 6.45) is 0. The third kappa shape index (κ3) is 5.63. The van der Waals surface area contributed by atoms with E-state index in [1.807, 2.05) is 0 Å². The average molecular weight is 317 g/mol. The molecule has 0 atom stereocenters. The molecule has 0 aromatic carbocycles. The van der Waals surface area contributed by atoms with Gasteiger partial charge in [0, 0.05) is 19.6 Å². The third-order valence-electron chi connectivity index (χ3n) is 3.59. The monoisotopic (exact) mass is 317 g/mol. The molecule has 7 heteroatoms. The van der Waals surface area contributed by atoms with E-state index in [-0.39, 0.29) is 19.6 Å². The molecule has 0 spiro atoms. The molecule has 0 fully saturated rings. The van der Waals surface area contributed by atoms with Crippen molar-refractivity contribution in [3.63, 3.8) is 0 Å². The highest BCUT2D eigenvalue weighted by molar-refractivity contribution is 5.75. The molecule has 0 aliphatic carbocycles. The Morgan fingerprint density at radius 3 is 0.955 bits per heavy atom. The van der Waals surface area contributed by atoms with E-state index in [1.165, 1.54) is 41.5 Å². The molecule has 3 N–H and O–H groups in total. The maximum Gasteiger partial charge on any atom is 0.310 e. The van der Waals surface area contributed by atoms with Gasteiger partial charge in [-0.1, -0.05) is 0 Å². The minimum Gasteiger partial charge on any atom is -0.481 e. The summed E-state index contributed by atoms with van der Waals surface area (Å²) in [5.74, 6) is -3.05. The normalized spacial score (nSPS) is 13.2. The van der Waals surface area contributed by atoms with Gasteiger partial charge >= 0.3 is 17.9 Å². The van der Waals surface area contributed by atoms with E-state index in [0.717, 1.165) is 0 Å². The van der Waals surface area contributed by atoms with Gasteiger partial charge in [-0.2, -0.15) is 0 Å². The van der Waals surface area contributed by atoms with Crippen LogP contribution in [0.5, 0.6) is 0 Å². The number of nitrogens with zero attached hydrogens (tertiary/aromatic N) is 1. The highest BCUT2D eigenvalue weighted by atomic mass is 16.4. The van der Waals surface area contributed by atoms with Crippen molar-refractivity contribution in [2.45, 2.75) is 41.5 Å². The summed E-state index contributed by atoms with van der Waals surface area (Å²) in [6.45, 7) is 9.39. The van der Waals surface area contributed by atoms with Gasteiger partial charge in [0.15, 0.2) is 0 Å². The molecule has 128 valence electrons. The van der Waals surface area contributed by atoms with E-state index in [4.69, 9.17) is 0 Å². The fourth-order valence-corrected chi connectivity index (χ4v) is 2.05. The first-order valence-electron chi connectivity index (χ1n) is 7.04. The van der Waals surface area contributed by atoms with Crippen molar-refractivity contribution in [1.29, 1.82) is 0 Å². The molecule has 0 radical (unpaired) electrons. The van der Waals surface area contributed by atoms with Crippen LogP contribution < -0.4 is 0 Å². The Morgan fingerprint density at radius 1 is 0.636 bits per heavy atom. The molecule has 0 amide bonds. The van der Waals surface area contributed by atoms with Gasteiger partial charge < -0.3 is 15.3 Å². The molecule has 0 saturated carbocycles. The minimum atomic E-state index is -1.11. The molecule has 0 rings (SSSR count). The summed E-state index contributed by atoms with van der Waals surface area (Å²) in [7, 11) is 0. The van der Waals surface area contributed by atoms with Gasteiger partial charge in [0.1, 0.15) is 0 Å². The third-order valence-corrected chi connectivity index (χ3v) is 3.59. The average Bonchev–Trinajstić information content (AvgIpc) is 2.25. The number of carboxylic acid groups (broad SMARTS) is 3. The van der Waals surface area contributed by atoms with Gasteiger partial charge in [0.2, 0.25) is 0 Å². The molecule has 7 nitrogen and oxygen atoms in total. The summed E-state index contributed by atoms with van der Waals surface area (Å²) in [6, 6.07) is 0. The van der Waals surface area contributed by atoms with Crippen LogP contribution in [0.25, 0.3) is 0 Å². The zero-order valence-electron chi connectivity index (χ0n) is 14.1. The summed E-state index contributed by atoms with van der Waals surface area (Å²) in [5.41, 5.74) is -3.32. The van der Waals surface area contributed by atoms with Gasteiger partial charge in [-0.3, -0.25) is 19.3 Å². The van der Waals surface area contributed by atoms with E-state index in [9.17, 15) is 29.7 Å². The van der Waals surface area contributed by atoms with Crippen molar-refractivity contribution in [2.75, 3.05) is 19.6 Å². The summed E-state index contributed by atoms with van der Waals surface area (Å²) >= 11 is 0. The standard InChI is InChI=1S/C15H27NO6/c1-13(2,10(17)18)7-16(8-14(3,4)11(19)20)9-15(5,6)12(21)22/h7-9H2,1-6H3,(H,17,18)(H,19,20)(H,21,22). The molecule has 0 aliphatic rings. The molecule has 22 heavy (non-hydrogen) atoms. The molecule has 0 aromatic rings. The largest absolute Gasteiger partial charge is 0.481 e. The van der Waals surface area contributed by atoms with Crippen LogP contribution >= 0.6 is 0 Å². The zero-order valence-corrected chi connectivity index (χ0v) is 14.1. The lowest BCUT2D eigenvalue weighted by atomic mass is 9.86. The lowest BCUT2D eigenvalue weighted by Gasteiger charge is -2.37. The lowest BCUT2D eigenvalue weighted by Crippen LogP contribution is -2.49. The number of hydrogen-bond acceptors (Lipinski definition) is 4. The highest BCUT2D eigenvalue weighted by Gasteiger charge is 2.38. The first kappa shape index (κ1) is 20.4. The molecule has 0 aromatic heterocycles. The van der Waals surface area contributed by atoms with E-state index in [2.05, 4.69) is 0 Å². The second-order valence-corrected chi connectivity index (χ2v) is 7.71. The van der Waals surface area contributed by atoms with Gasteiger partial charge in [-0.25, -0.2) is 0 Å². The maximum atomic E-state index is 11.3. The molecule has 0 saturated heterocycles. The second kappa shape index (κ2) is 6.64. The van der Waals surface area contributed by atoms with Crippen molar-refractivity contribution in [1.82, 2.24) is 4.90 Å². The quantitative estimate of drug-likeness (QED) is 0.592. The fourth-order valence-electron chi connectivity index (χ4n) is 2.05. The SMILES string of the molecule is CC(C)(CN(CC(C)(C)C(=O)O)CC(C)(C)C(=O)O)C(=O)O. The van der Waals surface area contributed by atoms with Crippen molar-refractivity contribution >= 4 is 17.9 Å². The molecule has 0 aliphatic heterocycles. The second-order valence-electron chi connectivity index (χ2n) is 7.71. The summed E-state index contributed by atoms with van der Waals surface area (Å²) < 4.78 is 0. The first-order valence-corrected chi connectivity index (χ1v) is 7.04. The maximum absolute atomic E-state index is 11.3. The van der Waals surface area contributed by atoms with Crippen LogP contribution in [0.1, 0.15) is 41.5 Å².